The van der Waals surface area contributed by atoms with E-state index < -0.39 is 0 Å². The highest BCUT2D eigenvalue weighted by molar-refractivity contribution is 5.78. The fourth-order valence-corrected chi connectivity index (χ4v) is 3.14. The molecule has 1 N–H and O–H groups in total. The van der Waals surface area contributed by atoms with Crippen molar-refractivity contribution >= 4 is 5.91 Å². The third kappa shape index (κ3) is 4.58. The number of carbonyl (C=O) groups excluding carboxylic acids is 1. The van der Waals surface area contributed by atoms with Gasteiger partial charge in [0.2, 0.25) is 5.91 Å². The van der Waals surface area contributed by atoms with Crippen molar-refractivity contribution in [1.29, 1.82) is 0 Å². The zero-order valence-electron chi connectivity index (χ0n) is 15.8. The highest BCUT2D eigenvalue weighted by Crippen LogP contribution is 2.24. The molecule has 0 aliphatic rings. The summed E-state index contributed by atoms with van der Waals surface area (Å²) in [6.45, 7) is 0.339. The van der Waals surface area contributed by atoms with Crippen molar-refractivity contribution in [1.82, 2.24) is 15.1 Å². The van der Waals surface area contributed by atoms with Gasteiger partial charge in [-0.3, -0.25) is 4.79 Å². The summed E-state index contributed by atoms with van der Waals surface area (Å²) in [6, 6.07) is 25.6. The summed E-state index contributed by atoms with van der Waals surface area (Å²) < 4.78 is 15.1. The standard InChI is InChI=1S/C24H20FN3O/c25-21-13-11-19(12-14-21)24-20(17-28(27-24)22-9-5-2-6-10-22)16-26-23(29)15-18-7-3-1-4-8-18/h1-14,17H,15-16H2,(H,26,29). The van der Waals surface area contributed by atoms with E-state index >= 15 is 0 Å². The molecule has 1 heterocycles. The molecule has 0 bridgehead atoms. The number of amides is 1. The fraction of sp³-hybridized carbons (Fsp3) is 0.0833. The van der Waals surface area contributed by atoms with Gasteiger partial charge >= 0.3 is 0 Å². The Morgan fingerprint density at radius 3 is 2.24 bits per heavy atom. The van der Waals surface area contributed by atoms with Crippen LogP contribution in [0.15, 0.2) is 91.1 Å². The van der Waals surface area contributed by atoms with Gasteiger partial charge < -0.3 is 5.32 Å². The lowest BCUT2D eigenvalue weighted by Gasteiger charge is -2.06. The normalized spacial score (nSPS) is 10.7. The van der Waals surface area contributed by atoms with E-state index in [0.29, 0.717) is 18.7 Å². The molecule has 0 fully saturated rings. The van der Waals surface area contributed by atoms with Crippen LogP contribution in [-0.4, -0.2) is 15.7 Å². The molecule has 0 aliphatic heterocycles. The molecule has 1 amide bonds. The monoisotopic (exact) mass is 385 g/mol. The topological polar surface area (TPSA) is 46.9 Å². The minimum Gasteiger partial charge on any atom is -0.352 e. The van der Waals surface area contributed by atoms with Crippen LogP contribution >= 0.6 is 0 Å². The number of benzene rings is 3. The Bertz CT molecular complexity index is 1090. The maximum Gasteiger partial charge on any atom is 0.224 e. The van der Waals surface area contributed by atoms with E-state index in [-0.39, 0.29) is 11.7 Å². The molecule has 0 unspecified atom stereocenters. The average Bonchev–Trinajstić information content (AvgIpc) is 3.18. The zero-order valence-corrected chi connectivity index (χ0v) is 15.8. The smallest absolute Gasteiger partial charge is 0.224 e. The van der Waals surface area contributed by atoms with E-state index in [4.69, 9.17) is 0 Å². The highest BCUT2D eigenvalue weighted by atomic mass is 19.1. The Morgan fingerprint density at radius 2 is 1.55 bits per heavy atom. The summed E-state index contributed by atoms with van der Waals surface area (Å²) >= 11 is 0. The van der Waals surface area contributed by atoms with Crippen molar-refractivity contribution in [3.8, 4) is 16.9 Å². The Balaban J connectivity index is 1.58. The molecule has 29 heavy (non-hydrogen) atoms. The number of nitrogens with zero attached hydrogens (tertiary/aromatic N) is 2. The van der Waals surface area contributed by atoms with Crippen LogP contribution in [0.4, 0.5) is 4.39 Å². The minimum absolute atomic E-state index is 0.0614. The minimum atomic E-state index is -0.297. The number of halogens is 1. The number of carbonyl (C=O) groups is 1. The molecule has 1 aromatic heterocycles. The van der Waals surface area contributed by atoms with Gasteiger partial charge in [0.1, 0.15) is 5.82 Å². The van der Waals surface area contributed by atoms with Gasteiger partial charge in [0.05, 0.1) is 17.8 Å². The molecule has 144 valence electrons. The summed E-state index contributed by atoms with van der Waals surface area (Å²) in [5, 5.41) is 7.65. The Morgan fingerprint density at radius 1 is 0.897 bits per heavy atom. The number of aromatic nitrogens is 2. The Labute approximate surface area is 168 Å². The van der Waals surface area contributed by atoms with Gasteiger partial charge in [0, 0.05) is 23.9 Å². The number of hydrogen-bond acceptors (Lipinski definition) is 2. The van der Waals surface area contributed by atoms with Gasteiger partial charge in [0.15, 0.2) is 0 Å². The molecule has 5 heteroatoms. The molecule has 4 rings (SSSR count). The van der Waals surface area contributed by atoms with Crippen LogP contribution in [0.5, 0.6) is 0 Å². The van der Waals surface area contributed by atoms with E-state index in [1.54, 1.807) is 16.8 Å². The van der Waals surface area contributed by atoms with Gasteiger partial charge in [-0.05, 0) is 42.0 Å². The molecule has 0 saturated carbocycles. The van der Waals surface area contributed by atoms with Crippen LogP contribution < -0.4 is 5.32 Å². The number of nitrogens with one attached hydrogen (secondary N) is 1. The summed E-state index contributed by atoms with van der Waals surface area (Å²) in [5.41, 5.74) is 4.26. The van der Waals surface area contributed by atoms with Crippen molar-refractivity contribution in [2.45, 2.75) is 13.0 Å². The van der Waals surface area contributed by atoms with E-state index in [1.807, 2.05) is 66.9 Å². The van der Waals surface area contributed by atoms with Gasteiger partial charge in [-0.1, -0.05) is 48.5 Å². The first kappa shape index (κ1) is 18.6. The maximum atomic E-state index is 13.4. The molecule has 4 nitrogen and oxygen atoms in total. The lowest BCUT2D eigenvalue weighted by molar-refractivity contribution is -0.120. The molecular weight excluding hydrogens is 365 g/mol. The first-order valence-corrected chi connectivity index (χ1v) is 9.39. The quantitative estimate of drug-likeness (QED) is 0.530. The van der Waals surface area contributed by atoms with Crippen LogP contribution in [0.1, 0.15) is 11.1 Å². The van der Waals surface area contributed by atoms with Gasteiger partial charge in [-0.2, -0.15) is 5.10 Å². The SMILES string of the molecule is O=C(Cc1ccccc1)NCc1cn(-c2ccccc2)nc1-c1ccc(F)cc1. The van der Waals surface area contributed by atoms with Crippen LogP contribution in [0.25, 0.3) is 16.9 Å². The third-order valence-corrected chi connectivity index (χ3v) is 4.61. The van der Waals surface area contributed by atoms with Crippen molar-refractivity contribution in [2.24, 2.45) is 0 Å². The van der Waals surface area contributed by atoms with Crippen LogP contribution in [-0.2, 0) is 17.8 Å². The summed E-state index contributed by atoms with van der Waals surface area (Å²) in [5.74, 6) is -0.359. The van der Waals surface area contributed by atoms with Crippen molar-refractivity contribution in [3.63, 3.8) is 0 Å². The van der Waals surface area contributed by atoms with Crippen LogP contribution in [0.3, 0.4) is 0 Å². The maximum absolute atomic E-state index is 13.4. The third-order valence-electron chi connectivity index (χ3n) is 4.61. The van der Waals surface area contributed by atoms with Gasteiger partial charge in [-0.25, -0.2) is 9.07 Å². The largest absolute Gasteiger partial charge is 0.352 e. The summed E-state index contributed by atoms with van der Waals surface area (Å²) in [7, 11) is 0. The lowest BCUT2D eigenvalue weighted by Crippen LogP contribution is -2.24. The average molecular weight is 385 g/mol. The number of hydrogen-bond donors (Lipinski definition) is 1. The molecule has 0 saturated heterocycles. The van der Waals surface area contributed by atoms with Crippen molar-refractivity contribution < 1.29 is 9.18 Å². The summed E-state index contributed by atoms with van der Waals surface area (Å²) in [4.78, 5) is 12.4. The predicted molar refractivity (Wildman–Crippen MR) is 111 cm³/mol. The lowest BCUT2D eigenvalue weighted by atomic mass is 10.1. The second-order valence-electron chi connectivity index (χ2n) is 6.73. The van der Waals surface area contributed by atoms with Crippen LogP contribution in [0, 0.1) is 5.82 Å². The Kier molecular flexibility index (Phi) is 5.47. The van der Waals surface area contributed by atoms with E-state index in [0.717, 1.165) is 22.4 Å². The van der Waals surface area contributed by atoms with Crippen LogP contribution in [0.2, 0.25) is 0 Å². The molecule has 0 aliphatic carbocycles. The Hall–Kier alpha value is -3.73. The summed E-state index contributed by atoms with van der Waals surface area (Å²) in [6.07, 6.45) is 2.22. The van der Waals surface area contributed by atoms with E-state index in [2.05, 4.69) is 10.4 Å². The first-order valence-electron chi connectivity index (χ1n) is 9.39. The predicted octanol–water partition coefficient (Wildman–Crippen LogP) is 4.54. The van der Waals surface area contributed by atoms with Crippen molar-refractivity contribution in [2.75, 3.05) is 0 Å². The molecule has 0 radical (unpaired) electrons. The number of para-hydroxylation sites is 1. The second kappa shape index (κ2) is 8.52. The highest BCUT2D eigenvalue weighted by Gasteiger charge is 2.14. The second-order valence-corrected chi connectivity index (χ2v) is 6.73. The fourth-order valence-electron chi connectivity index (χ4n) is 3.14. The zero-order chi connectivity index (χ0) is 20.1. The molecule has 0 atom stereocenters. The van der Waals surface area contributed by atoms with Gasteiger partial charge in [0.25, 0.3) is 0 Å². The number of rotatable bonds is 6. The van der Waals surface area contributed by atoms with E-state index in [9.17, 15) is 9.18 Å². The molecule has 0 spiro atoms. The van der Waals surface area contributed by atoms with Gasteiger partial charge in [-0.15, -0.1) is 0 Å². The molecule has 4 aromatic rings. The molecule has 3 aromatic carbocycles. The van der Waals surface area contributed by atoms with Crippen molar-refractivity contribution in [3.05, 3.63) is 108 Å². The van der Waals surface area contributed by atoms with E-state index in [1.165, 1.54) is 12.1 Å². The first-order chi connectivity index (χ1) is 14.2. The molecular formula is C24H20FN3O.